The van der Waals surface area contributed by atoms with E-state index in [9.17, 15) is 9.18 Å². The maximum atomic E-state index is 13.2. The maximum absolute atomic E-state index is 13.2. The van der Waals surface area contributed by atoms with Gasteiger partial charge in [-0.05, 0) is 54.2 Å². The van der Waals surface area contributed by atoms with Gasteiger partial charge in [0, 0.05) is 11.7 Å². The Kier molecular flexibility index (Phi) is 4.84. The number of anilines is 1. The van der Waals surface area contributed by atoms with E-state index in [1.54, 1.807) is 12.1 Å². The van der Waals surface area contributed by atoms with Gasteiger partial charge in [0.2, 0.25) is 5.91 Å². The molecule has 3 nitrogen and oxygen atoms in total. The molecule has 2 N–H and O–H groups in total. The van der Waals surface area contributed by atoms with Crippen LogP contribution in [0.15, 0.2) is 48.5 Å². The van der Waals surface area contributed by atoms with Gasteiger partial charge >= 0.3 is 0 Å². The Bertz CT molecular complexity index is 708. The van der Waals surface area contributed by atoms with Crippen molar-refractivity contribution in [3.05, 3.63) is 65.5 Å². The van der Waals surface area contributed by atoms with Crippen molar-refractivity contribution in [3.63, 3.8) is 0 Å². The summed E-state index contributed by atoms with van der Waals surface area (Å²) in [7, 11) is 0. The summed E-state index contributed by atoms with van der Waals surface area (Å²) in [5.74, 6) is 0.0391. The van der Waals surface area contributed by atoms with Crippen molar-refractivity contribution >= 4 is 11.6 Å². The minimum atomic E-state index is -0.534. The van der Waals surface area contributed by atoms with Gasteiger partial charge in [-0.15, -0.1) is 0 Å². The quantitative estimate of drug-likeness (QED) is 0.827. The first kappa shape index (κ1) is 16.5. The number of hydrogen-bond donors (Lipinski definition) is 2. The zero-order valence-electron chi connectivity index (χ0n) is 14.1. The summed E-state index contributed by atoms with van der Waals surface area (Å²) in [6.07, 6.45) is 2.06. The van der Waals surface area contributed by atoms with Crippen molar-refractivity contribution in [2.45, 2.75) is 44.7 Å². The van der Waals surface area contributed by atoms with Crippen LogP contribution in [0, 0.1) is 5.82 Å². The smallest absolute Gasteiger partial charge is 0.247 e. The number of benzene rings is 2. The number of nitrogens with one attached hydrogen (secondary N) is 2. The normalized spacial score (nSPS) is 15.2. The van der Waals surface area contributed by atoms with Crippen LogP contribution in [0.25, 0.3) is 0 Å². The minimum absolute atomic E-state index is 0.0703. The lowest BCUT2D eigenvalue weighted by Gasteiger charge is -2.21. The zero-order valence-corrected chi connectivity index (χ0v) is 14.1. The first-order valence-electron chi connectivity index (χ1n) is 8.45. The predicted octanol–water partition coefficient (Wildman–Crippen LogP) is 4.38. The van der Waals surface area contributed by atoms with Crippen molar-refractivity contribution in [1.82, 2.24) is 5.32 Å². The minimum Gasteiger partial charge on any atom is -0.370 e. The molecule has 1 atom stereocenters. The van der Waals surface area contributed by atoms with Gasteiger partial charge in [-0.2, -0.15) is 0 Å². The molecule has 0 heterocycles. The Morgan fingerprint density at radius 2 is 1.79 bits per heavy atom. The molecule has 0 saturated heterocycles. The zero-order chi connectivity index (χ0) is 17.1. The largest absolute Gasteiger partial charge is 0.370 e. The van der Waals surface area contributed by atoms with Crippen molar-refractivity contribution in [3.8, 4) is 0 Å². The first-order chi connectivity index (χ1) is 11.5. The van der Waals surface area contributed by atoms with Crippen molar-refractivity contribution in [2.75, 3.05) is 5.32 Å². The van der Waals surface area contributed by atoms with Crippen LogP contribution in [0.2, 0.25) is 0 Å². The second-order valence-corrected chi connectivity index (χ2v) is 6.69. The number of carbonyl (C=O) groups excluding carboxylic acids is 1. The van der Waals surface area contributed by atoms with E-state index in [2.05, 4.69) is 36.6 Å². The van der Waals surface area contributed by atoms with E-state index < -0.39 is 6.04 Å². The summed E-state index contributed by atoms with van der Waals surface area (Å²) in [4.78, 5) is 12.6. The third kappa shape index (κ3) is 4.13. The first-order valence-corrected chi connectivity index (χ1v) is 8.45. The Labute approximate surface area is 142 Å². The molecule has 1 saturated carbocycles. The lowest BCUT2D eigenvalue weighted by atomic mass is 10.0. The molecule has 0 bridgehead atoms. The second-order valence-electron chi connectivity index (χ2n) is 6.69. The molecule has 0 spiro atoms. The van der Waals surface area contributed by atoms with E-state index in [0.717, 1.165) is 24.1 Å². The SMILES string of the molecule is CC(C)c1cccc(N[C@@H](C(=O)NC2CC2)c2ccc(F)cc2)c1. The molecule has 0 aromatic heterocycles. The van der Waals surface area contributed by atoms with Gasteiger partial charge in [-0.3, -0.25) is 4.79 Å². The van der Waals surface area contributed by atoms with Crippen LogP contribution in [-0.4, -0.2) is 11.9 Å². The summed E-state index contributed by atoms with van der Waals surface area (Å²) >= 11 is 0. The molecular formula is C20H23FN2O. The fourth-order valence-corrected chi connectivity index (χ4v) is 2.62. The van der Waals surface area contributed by atoms with Gasteiger partial charge in [0.15, 0.2) is 0 Å². The molecule has 0 radical (unpaired) electrons. The van der Waals surface area contributed by atoms with E-state index >= 15 is 0 Å². The summed E-state index contributed by atoms with van der Waals surface area (Å²) in [5.41, 5.74) is 2.85. The van der Waals surface area contributed by atoms with Crippen LogP contribution < -0.4 is 10.6 Å². The van der Waals surface area contributed by atoms with Crippen LogP contribution in [0.1, 0.15) is 49.8 Å². The predicted molar refractivity (Wildman–Crippen MR) is 94.5 cm³/mol. The van der Waals surface area contributed by atoms with Crippen LogP contribution >= 0.6 is 0 Å². The Morgan fingerprint density at radius 3 is 2.42 bits per heavy atom. The fraction of sp³-hybridized carbons (Fsp3) is 0.350. The third-order valence-corrected chi connectivity index (χ3v) is 4.25. The highest BCUT2D eigenvalue weighted by molar-refractivity contribution is 5.86. The average Bonchev–Trinajstić information content (AvgIpc) is 3.38. The monoisotopic (exact) mass is 326 g/mol. The number of hydrogen-bond acceptors (Lipinski definition) is 2. The van der Waals surface area contributed by atoms with Crippen LogP contribution in [-0.2, 0) is 4.79 Å². The molecule has 1 fully saturated rings. The molecule has 2 aromatic carbocycles. The van der Waals surface area contributed by atoms with E-state index in [-0.39, 0.29) is 17.8 Å². The molecule has 126 valence electrons. The fourth-order valence-electron chi connectivity index (χ4n) is 2.62. The molecule has 1 amide bonds. The highest BCUT2D eigenvalue weighted by atomic mass is 19.1. The highest BCUT2D eigenvalue weighted by Gasteiger charge is 2.28. The second kappa shape index (κ2) is 7.04. The van der Waals surface area contributed by atoms with Crippen molar-refractivity contribution < 1.29 is 9.18 Å². The lowest BCUT2D eigenvalue weighted by Crippen LogP contribution is -2.34. The van der Waals surface area contributed by atoms with Gasteiger partial charge in [-0.1, -0.05) is 38.1 Å². The molecule has 1 aliphatic rings. The summed E-state index contributed by atoms with van der Waals surface area (Å²) < 4.78 is 13.2. The van der Waals surface area contributed by atoms with E-state index in [1.165, 1.54) is 17.7 Å². The van der Waals surface area contributed by atoms with Crippen LogP contribution in [0.4, 0.5) is 10.1 Å². The molecule has 0 unspecified atom stereocenters. The third-order valence-electron chi connectivity index (χ3n) is 4.25. The van der Waals surface area contributed by atoms with Gasteiger partial charge < -0.3 is 10.6 Å². The van der Waals surface area contributed by atoms with Crippen molar-refractivity contribution in [2.24, 2.45) is 0 Å². The van der Waals surface area contributed by atoms with Gasteiger partial charge in [0.1, 0.15) is 11.9 Å². The Morgan fingerprint density at radius 1 is 1.08 bits per heavy atom. The van der Waals surface area contributed by atoms with Crippen LogP contribution in [0.3, 0.4) is 0 Å². The van der Waals surface area contributed by atoms with Gasteiger partial charge in [-0.25, -0.2) is 4.39 Å². The summed E-state index contributed by atoms with van der Waals surface area (Å²) in [5, 5.41) is 6.34. The molecule has 3 rings (SSSR count). The standard InChI is InChI=1S/C20H23FN2O/c1-13(2)15-4-3-5-18(12-15)22-19(20(24)23-17-10-11-17)14-6-8-16(21)9-7-14/h3-9,12-13,17,19,22H,10-11H2,1-2H3,(H,23,24)/t19-/m1/s1. The maximum Gasteiger partial charge on any atom is 0.247 e. The number of rotatable bonds is 6. The molecule has 0 aliphatic heterocycles. The lowest BCUT2D eigenvalue weighted by molar-refractivity contribution is -0.122. The van der Waals surface area contributed by atoms with Crippen LogP contribution in [0.5, 0.6) is 0 Å². The topological polar surface area (TPSA) is 41.1 Å². The molecule has 1 aliphatic carbocycles. The highest BCUT2D eigenvalue weighted by Crippen LogP contribution is 2.26. The number of carbonyl (C=O) groups is 1. The van der Waals surface area contributed by atoms with E-state index in [1.807, 2.05) is 12.1 Å². The molecule has 2 aromatic rings. The summed E-state index contributed by atoms with van der Waals surface area (Å²) in [6, 6.07) is 13.9. The number of amides is 1. The molecule has 24 heavy (non-hydrogen) atoms. The molecule has 4 heteroatoms. The number of halogens is 1. The molecular weight excluding hydrogens is 303 g/mol. The van der Waals surface area contributed by atoms with E-state index in [0.29, 0.717) is 5.92 Å². The van der Waals surface area contributed by atoms with Crippen molar-refractivity contribution in [1.29, 1.82) is 0 Å². The average molecular weight is 326 g/mol. The van der Waals surface area contributed by atoms with Gasteiger partial charge in [0.25, 0.3) is 0 Å². The Balaban J connectivity index is 1.84. The van der Waals surface area contributed by atoms with Gasteiger partial charge in [0.05, 0.1) is 0 Å². The van der Waals surface area contributed by atoms with E-state index in [4.69, 9.17) is 0 Å². The Hall–Kier alpha value is -2.36. The summed E-state index contributed by atoms with van der Waals surface area (Å²) in [6.45, 7) is 4.27.